The summed E-state index contributed by atoms with van der Waals surface area (Å²) >= 11 is 1.35. The van der Waals surface area contributed by atoms with Crippen LogP contribution < -0.4 is 0 Å². The van der Waals surface area contributed by atoms with Crippen molar-refractivity contribution in [2.45, 2.75) is 44.4 Å². The van der Waals surface area contributed by atoms with Crippen molar-refractivity contribution in [1.82, 2.24) is 4.90 Å². The lowest BCUT2D eigenvalue weighted by Gasteiger charge is -2.48. The molecule has 0 aromatic heterocycles. The van der Waals surface area contributed by atoms with Gasteiger partial charge in [0.05, 0.1) is 24.9 Å². The first-order valence-electron chi connectivity index (χ1n) is 8.92. The van der Waals surface area contributed by atoms with E-state index in [1.807, 2.05) is 0 Å². The molecule has 2 aliphatic rings. The summed E-state index contributed by atoms with van der Waals surface area (Å²) in [7, 11) is 0. The molecule has 1 aromatic rings. The van der Waals surface area contributed by atoms with Crippen LogP contribution in [0.1, 0.15) is 32.8 Å². The number of rotatable bonds is 2. The van der Waals surface area contributed by atoms with E-state index in [1.165, 1.54) is 22.7 Å². The SMILES string of the molecule is CC(C)(C)N(C(=O)O)C1=N[C@@]2(c3ccccc3F)C[C@H](CO)OC[C@H]2CS1. The third kappa shape index (κ3) is 3.70. The predicted molar refractivity (Wildman–Crippen MR) is 103 cm³/mol. The van der Waals surface area contributed by atoms with Gasteiger partial charge in [0, 0.05) is 29.2 Å². The van der Waals surface area contributed by atoms with Crippen molar-refractivity contribution in [3.63, 3.8) is 0 Å². The van der Waals surface area contributed by atoms with Gasteiger partial charge in [0.1, 0.15) is 5.82 Å². The number of thioether (sulfide) groups is 1. The fourth-order valence-corrected chi connectivity index (χ4v) is 5.18. The summed E-state index contributed by atoms with van der Waals surface area (Å²) in [6.07, 6.45) is -1.26. The fraction of sp³-hybridized carbons (Fsp3) is 0.579. The average molecular weight is 396 g/mol. The zero-order valence-electron chi connectivity index (χ0n) is 15.7. The van der Waals surface area contributed by atoms with Gasteiger partial charge in [-0.25, -0.2) is 14.2 Å². The Morgan fingerprint density at radius 3 is 2.74 bits per heavy atom. The summed E-state index contributed by atoms with van der Waals surface area (Å²) in [4.78, 5) is 18.0. The number of benzene rings is 1. The topological polar surface area (TPSA) is 82.4 Å². The molecular weight excluding hydrogens is 371 g/mol. The Morgan fingerprint density at radius 1 is 1.44 bits per heavy atom. The van der Waals surface area contributed by atoms with E-state index in [1.54, 1.807) is 39.0 Å². The van der Waals surface area contributed by atoms with Gasteiger partial charge in [0.15, 0.2) is 5.17 Å². The van der Waals surface area contributed by atoms with Gasteiger partial charge in [-0.15, -0.1) is 0 Å². The van der Waals surface area contributed by atoms with E-state index in [0.717, 1.165) is 0 Å². The van der Waals surface area contributed by atoms with Gasteiger partial charge in [-0.3, -0.25) is 4.90 Å². The van der Waals surface area contributed by atoms with Crippen LogP contribution in [0.25, 0.3) is 0 Å². The second kappa shape index (κ2) is 7.41. The molecule has 8 heteroatoms. The van der Waals surface area contributed by atoms with Crippen molar-refractivity contribution in [3.8, 4) is 0 Å². The zero-order valence-corrected chi connectivity index (χ0v) is 16.5. The maximum Gasteiger partial charge on any atom is 0.413 e. The molecule has 3 atom stereocenters. The van der Waals surface area contributed by atoms with Crippen LogP contribution in [0.5, 0.6) is 0 Å². The third-order valence-corrected chi connectivity index (χ3v) is 6.15. The molecule has 6 nitrogen and oxygen atoms in total. The molecule has 2 heterocycles. The van der Waals surface area contributed by atoms with Gasteiger partial charge in [0.2, 0.25) is 0 Å². The molecule has 0 bridgehead atoms. The number of fused-ring (bicyclic) bond motifs is 1. The molecule has 0 spiro atoms. The van der Waals surface area contributed by atoms with Crippen molar-refractivity contribution >= 4 is 23.0 Å². The summed E-state index contributed by atoms with van der Waals surface area (Å²) in [5.41, 5.74) is -1.23. The number of halogens is 1. The Morgan fingerprint density at radius 2 is 2.15 bits per heavy atom. The average Bonchev–Trinajstić information content (AvgIpc) is 2.59. The van der Waals surface area contributed by atoms with Gasteiger partial charge < -0.3 is 14.9 Å². The number of aliphatic imine (C=N–C) groups is 1. The highest BCUT2D eigenvalue weighted by Gasteiger charge is 2.51. The molecule has 1 aromatic carbocycles. The number of hydrogen-bond acceptors (Lipinski definition) is 5. The van der Waals surface area contributed by atoms with Crippen LogP contribution in [0, 0.1) is 11.7 Å². The maximum absolute atomic E-state index is 14.8. The Kier molecular flexibility index (Phi) is 5.52. The molecule has 3 rings (SSSR count). The number of aliphatic hydroxyl groups is 1. The molecule has 1 amide bonds. The van der Waals surface area contributed by atoms with Crippen LogP contribution in [-0.4, -0.2) is 57.0 Å². The normalized spacial score (nSPS) is 28.3. The third-order valence-electron chi connectivity index (χ3n) is 5.05. The van der Waals surface area contributed by atoms with Gasteiger partial charge in [-0.05, 0) is 26.8 Å². The highest BCUT2D eigenvalue weighted by molar-refractivity contribution is 8.13. The lowest BCUT2D eigenvalue weighted by atomic mass is 9.73. The monoisotopic (exact) mass is 396 g/mol. The molecule has 1 saturated heterocycles. The molecule has 0 aliphatic carbocycles. The number of carbonyl (C=O) groups is 1. The highest BCUT2D eigenvalue weighted by Crippen LogP contribution is 2.48. The van der Waals surface area contributed by atoms with E-state index < -0.39 is 23.3 Å². The van der Waals surface area contributed by atoms with Crippen molar-refractivity contribution in [2.24, 2.45) is 10.9 Å². The van der Waals surface area contributed by atoms with Crippen LogP contribution in [0.3, 0.4) is 0 Å². The maximum atomic E-state index is 14.8. The lowest BCUT2D eigenvalue weighted by Crippen LogP contribution is -2.54. The zero-order chi connectivity index (χ0) is 19.8. The summed E-state index contributed by atoms with van der Waals surface area (Å²) in [5.74, 6) is 0.0702. The predicted octanol–water partition coefficient (Wildman–Crippen LogP) is 3.30. The van der Waals surface area contributed by atoms with E-state index in [2.05, 4.69) is 0 Å². The van der Waals surface area contributed by atoms with Crippen LogP contribution in [0.4, 0.5) is 9.18 Å². The molecule has 0 radical (unpaired) electrons. The van der Waals surface area contributed by atoms with Gasteiger partial charge in [-0.2, -0.15) is 0 Å². The van der Waals surface area contributed by atoms with Crippen molar-refractivity contribution in [2.75, 3.05) is 19.0 Å². The minimum absolute atomic E-state index is 0.110. The second-order valence-corrected chi connectivity index (χ2v) is 8.92. The Labute approximate surface area is 162 Å². The van der Waals surface area contributed by atoms with E-state index in [-0.39, 0.29) is 18.3 Å². The number of aliphatic hydroxyl groups excluding tert-OH is 1. The Bertz CT molecular complexity index is 751. The molecule has 2 aliphatic heterocycles. The standard InChI is InChI=1S/C19H25FN2O4S/c1-18(2,3)22(17(24)25)16-21-19(14-6-4-5-7-15(14)20)8-13(9-23)26-10-12(19)11-27-16/h4-7,12-13,23H,8-11H2,1-3H3,(H,24,25)/t12-,13+,19-/m0/s1. The quantitative estimate of drug-likeness (QED) is 0.802. The Hall–Kier alpha value is -1.64. The number of amides is 1. The second-order valence-electron chi connectivity index (χ2n) is 7.94. The largest absolute Gasteiger partial charge is 0.465 e. The number of amidine groups is 1. The minimum Gasteiger partial charge on any atom is -0.465 e. The Balaban J connectivity index is 2.17. The molecule has 0 saturated carbocycles. The minimum atomic E-state index is -1.10. The van der Waals surface area contributed by atoms with Crippen LogP contribution in [0.15, 0.2) is 29.3 Å². The molecule has 1 fully saturated rings. The molecule has 2 N–H and O–H groups in total. The van der Waals surface area contributed by atoms with E-state index in [9.17, 15) is 19.4 Å². The first-order valence-corrected chi connectivity index (χ1v) is 9.91. The van der Waals surface area contributed by atoms with Gasteiger partial charge in [0.25, 0.3) is 0 Å². The number of carboxylic acid groups (broad SMARTS) is 1. The molecular formula is C19H25FN2O4S. The van der Waals surface area contributed by atoms with E-state index in [0.29, 0.717) is 29.5 Å². The van der Waals surface area contributed by atoms with E-state index in [4.69, 9.17) is 9.73 Å². The van der Waals surface area contributed by atoms with Crippen molar-refractivity contribution in [1.29, 1.82) is 0 Å². The fourth-order valence-electron chi connectivity index (χ4n) is 3.75. The molecule has 0 unspecified atom stereocenters. The lowest BCUT2D eigenvalue weighted by molar-refractivity contribution is -0.0747. The smallest absolute Gasteiger partial charge is 0.413 e. The number of hydrogen-bond donors (Lipinski definition) is 2. The molecule has 27 heavy (non-hydrogen) atoms. The first kappa shape index (κ1) is 20.1. The molecule has 148 valence electrons. The number of ether oxygens (including phenoxy) is 1. The van der Waals surface area contributed by atoms with E-state index >= 15 is 0 Å². The summed E-state index contributed by atoms with van der Waals surface area (Å²) in [5, 5.41) is 19.7. The number of nitrogens with zero attached hydrogens (tertiary/aromatic N) is 2. The van der Waals surface area contributed by atoms with Crippen molar-refractivity contribution < 1.29 is 24.1 Å². The van der Waals surface area contributed by atoms with Crippen molar-refractivity contribution in [3.05, 3.63) is 35.6 Å². The highest BCUT2D eigenvalue weighted by atomic mass is 32.2. The first-order chi connectivity index (χ1) is 12.7. The van der Waals surface area contributed by atoms with Crippen LogP contribution in [-0.2, 0) is 10.3 Å². The summed E-state index contributed by atoms with van der Waals surface area (Å²) in [6, 6.07) is 6.46. The summed E-state index contributed by atoms with van der Waals surface area (Å²) < 4.78 is 20.5. The van der Waals surface area contributed by atoms with Gasteiger partial charge in [-0.1, -0.05) is 30.0 Å². The van der Waals surface area contributed by atoms with Crippen LogP contribution >= 0.6 is 11.8 Å². The van der Waals surface area contributed by atoms with Gasteiger partial charge >= 0.3 is 6.09 Å². The summed E-state index contributed by atoms with van der Waals surface area (Å²) in [6.45, 7) is 5.54. The van der Waals surface area contributed by atoms with Crippen LogP contribution in [0.2, 0.25) is 0 Å².